The number of fused-ring (bicyclic) bond motifs is 1. The van der Waals surface area contributed by atoms with Crippen molar-refractivity contribution in [3.05, 3.63) is 29.7 Å². The number of rotatable bonds is 8. The molecule has 12 heteroatoms. The van der Waals surface area contributed by atoms with Crippen LogP contribution in [0.1, 0.15) is 23.9 Å². The van der Waals surface area contributed by atoms with Crippen LogP contribution >= 0.6 is 7.60 Å². The Morgan fingerprint density at radius 3 is 2.68 bits per heavy atom. The van der Waals surface area contributed by atoms with Gasteiger partial charge in [0.25, 0.3) is 5.85 Å². The first kappa shape index (κ1) is 22.9. The fourth-order valence-electron chi connectivity index (χ4n) is 3.58. The molecule has 2 aromatic rings. The molecule has 0 fully saturated rings. The van der Waals surface area contributed by atoms with Crippen molar-refractivity contribution in [1.82, 2.24) is 14.5 Å². The van der Waals surface area contributed by atoms with Crippen LogP contribution < -0.4 is 5.73 Å². The second-order valence-corrected chi connectivity index (χ2v) is 9.26. The number of hydrogen-bond donors (Lipinski definition) is 1. The van der Waals surface area contributed by atoms with Gasteiger partial charge in [0, 0.05) is 26.3 Å². The van der Waals surface area contributed by atoms with Gasteiger partial charge in [0.2, 0.25) is 0 Å². The van der Waals surface area contributed by atoms with E-state index in [2.05, 4.69) is 20.8 Å². The average molecular weight is 449 g/mol. The van der Waals surface area contributed by atoms with Crippen molar-refractivity contribution in [3.8, 4) is 6.07 Å². The Labute approximate surface area is 179 Å². The number of methoxy groups -OCH3 is 1. The molecule has 0 aliphatic heterocycles. The minimum Gasteiger partial charge on any atom is -0.467 e. The quantitative estimate of drug-likeness (QED) is 0.361. The molecule has 166 valence electrons. The lowest BCUT2D eigenvalue weighted by atomic mass is 10.1. The van der Waals surface area contributed by atoms with Crippen LogP contribution in [0.5, 0.6) is 0 Å². The second-order valence-electron chi connectivity index (χ2n) is 6.98. The monoisotopic (exact) mass is 449 g/mol. The number of nitrogens with two attached hydrogens (primary N) is 1. The van der Waals surface area contributed by atoms with Crippen LogP contribution in [0.4, 0.5) is 5.82 Å². The van der Waals surface area contributed by atoms with Crippen molar-refractivity contribution >= 4 is 30.4 Å². The van der Waals surface area contributed by atoms with E-state index in [9.17, 15) is 14.6 Å². The molecule has 3 rings (SSSR count). The standard InChI is InChI=1S/C19H24N5O6P/c1-11-22-16(21)15-13(8-20)9-24(17(15)23-11)14-6-5-12(7-14)10-30-19(18(25)27-2)31(26,28-3)29-4/h5-6,9,12,14,19H,7,10H2,1-4H3,(H2,21,22,23)/t12?,14-,19?/m0/s1. The van der Waals surface area contributed by atoms with Crippen LogP contribution in [0.15, 0.2) is 18.3 Å². The maximum absolute atomic E-state index is 12.6. The van der Waals surface area contributed by atoms with Crippen LogP contribution in [0.25, 0.3) is 11.0 Å². The lowest BCUT2D eigenvalue weighted by Gasteiger charge is -2.23. The molecule has 0 radical (unpaired) electrons. The molecule has 2 heterocycles. The Balaban J connectivity index is 1.78. The summed E-state index contributed by atoms with van der Waals surface area (Å²) in [4.78, 5) is 20.7. The topological polar surface area (TPSA) is 152 Å². The van der Waals surface area contributed by atoms with Gasteiger partial charge in [-0.3, -0.25) is 4.57 Å². The van der Waals surface area contributed by atoms with Crippen molar-refractivity contribution in [2.24, 2.45) is 5.92 Å². The highest BCUT2D eigenvalue weighted by molar-refractivity contribution is 7.55. The van der Waals surface area contributed by atoms with Crippen molar-refractivity contribution < 1.29 is 27.9 Å². The minimum atomic E-state index is -3.83. The van der Waals surface area contributed by atoms with Gasteiger partial charge in [-0.1, -0.05) is 12.2 Å². The van der Waals surface area contributed by atoms with E-state index in [4.69, 9.17) is 19.5 Å². The average Bonchev–Trinajstić information content (AvgIpc) is 3.37. The molecule has 2 aromatic heterocycles. The van der Waals surface area contributed by atoms with Crippen molar-refractivity contribution in [2.45, 2.75) is 25.2 Å². The number of carbonyl (C=O) groups excluding carboxylic acids is 1. The first-order valence-electron chi connectivity index (χ1n) is 9.41. The number of nitrogens with zero attached hydrogens (tertiary/aromatic N) is 4. The van der Waals surface area contributed by atoms with Crippen LogP contribution in [-0.2, 0) is 27.9 Å². The van der Waals surface area contributed by atoms with Gasteiger partial charge in [0.1, 0.15) is 23.4 Å². The minimum absolute atomic E-state index is 0.0872. The summed E-state index contributed by atoms with van der Waals surface area (Å²) in [5.41, 5.74) is 6.99. The number of nitriles is 1. The third-order valence-electron chi connectivity index (χ3n) is 5.11. The third-order valence-corrected chi connectivity index (χ3v) is 7.06. The summed E-state index contributed by atoms with van der Waals surface area (Å²) in [7, 11) is -0.315. The molecule has 11 nitrogen and oxygen atoms in total. The van der Waals surface area contributed by atoms with Gasteiger partial charge >= 0.3 is 13.6 Å². The number of ether oxygens (including phenoxy) is 2. The first-order chi connectivity index (χ1) is 14.8. The molecule has 1 aliphatic rings. The summed E-state index contributed by atoms with van der Waals surface area (Å²) < 4.78 is 34.6. The smallest absolute Gasteiger partial charge is 0.370 e. The summed E-state index contributed by atoms with van der Waals surface area (Å²) in [6, 6.07) is 2.02. The van der Waals surface area contributed by atoms with E-state index in [0.29, 0.717) is 28.8 Å². The predicted octanol–water partition coefficient (Wildman–Crippen LogP) is 2.31. The largest absolute Gasteiger partial charge is 0.467 e. The summed E-state index contributed by atoms with van der Waals surface area (Å²) in [6.07, 6.45) is 6.20. The Bertz CT molecular complexity index is 1100. The Morgan fingerprint density at radius 1 is 1.35 bits per heavy atom. The van der Waals surface area contributed by atoms with Gasteiger partial charge in [0.15, 0.2) is 0 Å². The van der Waals surface area contributed by atoms with Gasteiger partial charge < -0.3 is 28.8 Å². The number of anilines is 1. The van der Waals surface area contributed by atoms with E-state index in [1.54, 1.807) is 13.1 Å². The molecule has 0 bridgehead atoms. The van der Waals surface area contributed by atoms with E-state index in [-0.39, 0.29) is 24.4 Å². The van der Waals surface area contributed by atoms with Gasteiger partial charge in [0.05, 0.1) is 30.7 Å². The van der Waals surface area contributed by atoms with Crippen LogP contribution in [0, 0.1) is 24.2 Å². The number of esters is 1. The normalized spacial score (nSPS) is 19.5. The molecule has 3 atom stereocenters. The van der Waals surface area contributed by atoms with E-state index in [1.165, 1.54) is 21.3 Å². The number of aryl methyl sites for hydroxylation is 1. The SMILES string of the molecule is COC(=O)C(OCC1C=C[C@H](n2cc(C#N)c3c(N)nc(C)nc32)C1)P(=O)(OC)OC. The Morgan fingerprint density at radius 2 is 2.06 bits per heavy atom. The molecule has 31 heavy (non-hydrogen) atoms. The fraction of sp³-hybridized carbons (Fsp3) is 0.474. The van der Waals surface area contributed by atoms with Crippen molar-refractivity contribution in [2.75, 3.05) is 33.7 Å². The van der Waals surface area contributed by atoms with E-state index < -0.39 is 19.4 Å². The molecule has 0 saturated heterocycles. The summed E-state index contributed by atoms with van der Waals surface area (Å²) >= 11 is 0. The molecule has 0 aromatic carbocycles. The van der Waals surface area contributed by atoms with Crippen molar-refractivity contribution in [3.63, 3.8) is 0 Å². The number of allylic oxidation sites excluding steroid dienone is 1. The summed E-state index contributed by atoms with van der Waals surface area (Å²) in [6.45, 7) is 1.82. The Hall–Kier alpha value is -2.77. The fourth-order valence-corrected chi connectivity index (χ4v) is 4.74. The van der Waals surface area contributed by atoms with Gasteiger partial charge in [-0.2, -0.15) is 5.26 Å². The summed E-state index contributed by atoms with van der Waals surface area (Å²) in [5, 5.41) is 10.00. The lowest BCUT2D eigenvalue weighted by Crippen LogP contribution is -2.29. The highest BCUT2D eigenvalue weighted by atomic mass is 31.2. The molecule has 0 spiro atoms. The van der Waals surface area contributed by atoms with Crippen LogP contribution in [-0.4, -0.2) is 54.3 Å². The maximum atomic E-state index is 12.6. The number of aromatic nitrogens is 3. The zero-order valence-corrected chi connectivity index (χ0v) is 18.5. The van der Waals surface area contributed by atoms with Crippen LogP contribution in [0.2, 0.25) is 0 Å². The van der Waals surface area contributed by atoms with Gasteiger partial charge in [-0.05, 0) is 13.3 Å². The molecule has 1 aliphatic carbocycles. The Kier molecular flexibility index (Phi) is 6.77. The first-order valence-corrected chi connectivity index (χ1v) is 11.0. The number of carbonyl (C=O) groups is 1. The van der Waals surface area contributed by atoms with Gasteiger partial charge in [-0.25, -0.2) is 14.8 Å². The predicted molar refractivity (Wildman–Crippen MR) is 111 cm³/mol. The van der Waals surface area contributed by atoms with Crippen LogP contribution in [0.3, 0.4) is 0 Å². The molecule has 2 N–H and O–H groups in total. The molecule has 0 amide bonds. The van der Waals surface area contributed by atoms with E-state index in [0.717, 1.165) is 0 Å². The van der Waals surface area contributed by atoms with Crippen molar-refractivity contribution in [1.29, 1.82) is 5.26 Å². The molecular formula is C19H24N5O6P. The molecular weight excluding hydrogens is 425 g/mol. The number of nitrogen functional groups attached to an aromatic ring is 1. The molecule has 2 unspecified atom stereocenters. The zero-order valence-electron chi connectivity index (χ0n) is 17.6. The highest BCUT2D eigenvalue weighted by Crippen LogP contribution is 2.52. The number of hydrogen-bond acceptors (Lipinski definition) is 10. The second kappa shape index (κ2) is 9.16. The molecule has 0 saturated carbocycles. The zero-order chi connectivity index (χ0) is 22.8. The third kappa shape index (κ3) is 4.34. The summed E-state index contributed by atoms with van der Waals surface area (Å²) in [5.74, 6) is -1.67. The van der Waals surface area contributed by atoms with E-state index in [1.807, 2.05) is 16.7 Å². The van der Waals surface area contributed by atoms with E-state index >= 15 is 0 Å². The maximum Gasteiger partial charge on any atom is 0.370 e. The van der Waals surface area contributed by atoms with Gasteiger partial charge in [-0.15, -0.1) is 0 Å². The highest BCUT2D eigenvalue weighted by Gasteiger charge is 2.42. The lowest BCUT2D eigenvalue weighted by molar-refractivity contribution is -0.150.